The van der Waals surface area contributed by atoms with E-state index in [0.29, 0.717) is 25.1 Å². The quantitative estimate of drug-likeness (QED) is 0.301. The maximum absolute atomic E-state index is 11.7. The maximum atomic E-state index is 11.7. The molecule has 6 heteroatoms. The van der Waals surface area contributed by atoms with E-state index in [-0.39, 0.29) is 17.7 Å². The lowest BCUT2D eigenvalue weighted by molar-refractivity contribution is -0.122. The molecule has 0 aliphatic heterocycles. The Morgan fingerprint density at radius 3 is 2.65 bits per heavy atom. The fourth-order valence-electron chi connectivity index (χ4n) is 1.78. The SMILES string of the molecule is COCC(C)CC(=O)NCc1ccc(/C(N)=N/O)cc1. The van der Waals surface area contributed by atoms with E-state index < -0.39 is 0 Å². The topological polar surface area (TPSA) is 96.9 Å². The molecule has 0 heterocycles. The average molecular weight is 279 g/mol. The molecule has 0 saturated carbocycles. The van der Waals surface area contributed by atoms with Gasteiger partial charge in [0.2, 0.25) is 5.91 Å². The van der Waals surface area contributed by atoms with Gasteiger partial charge in [0.05, 0.1) is 0 Å². The van der Waals surface area contributed by atoms with E-state index in [1.54, 1.807) is 19.2 Å². The van der Waals surface area contributed by atoms with Gasteiger partial charge in [0.1, 0.15) is 0 Å². The van der Waals surface area contributed by atoms with Crippen molar-refractivity contribution >= 4 is 11.7 Å². The molecule has 20 heavy (non-hydrogen) atoms. The van der Waals surface area contributed by atoms with Crippen molar-refractivity contribution in [2.75, 3.05) is 13.7 Å². The van der Waals surface area contributed by atoms with Crippen molar-refractivity contribution in [3.8, 4) is 0 Å². The third-order valence-corrected chi connectivity index (χ3v) is 2.83. The second kappa shape index (κ2) is 8.16. The third-order valence-electron chi connectivity index (χ3n) is 2.83. The van der Waals surface area contributed by atoms with Crippen molar-refractivity contribution in [2.24, 2.45) is 16.8 Å². The van der Waals surface area contributed by atoms with Gasteiger partial charge in [-0.05, 0) is 11.5 Å². The molecular formula is C14H21N3O3. The van der Waals surface area contributed by atoms with E-state index in [0.717, 1.165) is 5.56 Å². The zero-order valence-electron chi connectivity index (χ0n) is 11.8. The highest BCUT2D eigenvalue weighted by molar-refractivity contribution is 5.96. The molecule has 0 aliphatic rings. The highest BCUT2D eigenvalue weighted by atomic mass is 16.5. The molecule has 1 amide bonds. The highest BCUT2D eigenvalue weighted by Gasteiger charge is 2.08. The standard InChI is InChI=1S/C14H21N3O3/c1-10(9-20-2)7-13(18)16-8-11-3-5-12(6-4-11)14(15)17-19/h3-6,10,19H,7-9H2,1-2H3,(H2,15,17)(H,16,18). The van der Waals surface area contributed by atoms with Crippen molar-refractivity contribution in [3.05, 3.63) is 35.4 Å². The summed E-state index contributed by atoms with van der Waals surface area (Å²) in [6, 6.07) is 7.13. The van der Waals surface area contributed by atoms with Crippen LogP contribution in [0.3, 0.4) is 0 Å². The number of benzene rings is 1. The summed E-state index contributed by atoms with van der Waals surface area (Å²) in [5.41, 5.74) is 7.05. The van der Waals surface area contributed by atoms with Gasteiger partial charge in [-0.25, -0.2) is 0 Å². The number of carbonyl (C=O) groups is 1. The minimum absolute atomic E-state index is 0.00457. The number of ether oxygens (including phenoxy) is 1. The molecule has 0 radical (unpaired) electrons. The predicted octanol–water partition coefficient (Wildman–Crippen LogP) is 1.07. The Morgan fingerprint density at radius 2 is 2.10 bits per heavy atom. The lowest BCUT2D eigenvalue weighted by atomic mass is 10.1. The van der Waals surface area contributed by atoms with Crippen LogP contribution in [0.5, 0.6) is 0 Å². The zero-order chi connectivity index (χ0) is 15.0. The van der Waals surface area contributed by atoms with Gasteiger partial charge < -0.3 is 21.0 Å². The predicted molar refractivity (Wildman–Crippen MR) is 76.5 cm³/mol. The van der Waals surface area contributed by atoms with Crippen LogP contribution in [-0.4, -0.2) is 30.7 Å². The van der Waals surface area contributed by atoms with Gasteiger partial charge in [0, 0.05) is 32.2 Å². The first-order valence-electron chi connectivity index (χ1n) is 6.39. The van der Waals surface area contributed by atoms with E-state index in [9.17, 15) is 4.79 Å². The molecule has 0 spiro atoms. The molecule has 0 aromatic heterocycles. The number of nitrogens with two attached hydrogens (primary N) is 1. The summed E-state index contributed by atoms with van der Waals surface area (Å²) < 4.78 is 4.99. The van der Waals surface area contributed by atoms with Crippen LogP contribution in [-0.2, 0) is 16.1 Å². The molecule has 0 bridgehead atoms. The smallest absolute Gasteiger partial charge is 0.220 e. The van der Waals surface area contributed by atoms with Crippen molar-refractivity contribution < 1.29 is 14.7 Å². The number of carbonyl (C=O) groups excluding carboxylic acids is 1. The molecule has 0 aliphatic carbocycles. The van der Waals surface area contributed by atoms with E-state index >= 15 is 0 Å². The number of rotatable bonds is 7. The second-order valence-corrected chi connectivity index (χ2v) is 4.72. The van der Waals surface area contributed by atoms with Gasteiger partial charge in [-0.1, -0.05) is 36.3 Å². The molecule has 1 aromatic rings. The molecule has 0 fully saturated rings. The number of oxime groups is 1. The molecule has 110 valence electrons. The number of hydrogen-bond acceptors (Lipinski definition) is 4. The number of hydrogen-bond donors (Lipinski definition) is 3. The van der Waals surface area contributed by atoms with Crippen LogP contribution in [0.2, 0.25) is 0 Å². The normalized spacial score (nSPS) is 13.0. The van der Waals surface area contributed by atoms with E-state index in [2.05, 4.69) is 10.5 Å². The Morgan fingerprint density at radius 1 is 1.45 bits per heavy atom. The van der Waals surface area contributed by atoms with Crippen molar-refractivity contribution in [1.82, 2.24) is 5.32 Å². The molecule has 0 saturated heterocycles. The molecule has 1 atom stereocenters. The molecule has 6 nitrogen and oxygen atoms in total. The largest absolute Gasteiger partial charge is 0.409 e. The van der Waals surface area contributed by atoms with Crippen LogP contribution >= 0.6 is 0 Å². The first kappa shape index (κ1) is 16.0. The van der Waals surface area contributed by atoms with Gasteiger partial charge in [0.15, 0.2) is 5.84 Å². The summed E-state index contributed by atoms with van der Waals surface area (Å²) >= 11 is 0. The highest BCUT2D eigenvalue weighted by Crippen LogP contribution is 2.05. The Hall–Kier alpha value is -2.08. The van der Waals surface area contributed by atoms with Gasteiger partial charge in [0.25, 0.3) is 0 Å². The fourth-order valence-corrected chi connectivity index (χ4v) is 1.78. The first-order chi connectivity index (χ1) is 9.56. The molecule has 4 N–H and O–H groups in total. The van der Waals surface area contributed by atoms with Crippen molar-refractivity contribution in [2.45, 2.75) is 19.9 Å². The Kier molecular flexibility index (Phi) is 6.52. The lowest BCUT2D eigenvalue weighted by Gasteiger charge is -2.10. The summed E-state index contributed by atoms with van der Waals surface area (Å²) in [5, 5.41) is 14.3. The maximum Gasteiger partial charge on any atom is 0.220 e. The summed E-state index contributed by atoms with van der Waals surface area (Å²) in [6.07, 6.45) is 0.441. The van der Waals surface area contributed by atoms with Gasteiger partial charge in [-0.3, -0.25) is 4.79 Å². The number of methoxy groups -OCH3 is 1. The average Bonchev–Trinajstić information content (AvgIpc) is 2.45. The minimum Gasteiger partial charge on any atom is -0.409 e. The summed E-state index contributed by atoms with van der Waals surface area (Å²) in [6.45, 7) is 2.99. The lowest BCUT2D eigenvalue weighted by Crippen LogP contribution is -2.25. The van der Waals surface area contributed by atoms with Gasteiger partial charge in [-0.2, -0.15) is 0 Å². The van der Waals surface area contributed by atoms with Crippen LogP contribution in [0.15, 0.2) is 29.4 Å². The molecule has 1 aromatic carbocycles. The third kappa shape index (κ3) is 5.27. The number of amides is 1. The van der Waals surface area contributed by atoms with E-state index in [1.807, 2.05) is 19.1 Å². The summed E-state index contributed by atoms with van der Waals surface area (Å²) in [4.78, 5) is 11.7. The first-order valence-corrected chi connectivity index (χ1v) is 6.39. The van der Waals surface area contributed by atoms with Crippen LogP contribution in [0.1, 0.15) is 24.5 Å². The van der Waals surface area contributed by atoms with Crippen LogP contribution in [0.25, 0.3) is 0 Å². The Labute approximate surface area is 118 Å². The number of amidine groups is 1. The van der Waals surface area contributed by atoms with Gasteiger partial charge >= 0.3 is 0 Å². The number of nitrogens with one attached hydrogen (secondary N) is 1. The Bertz CT molecular complexity index is 457. The van der Waals surface area contributed by atoms with Gasteiger partial charge in [-0.15, -0.1) is 0 Å². The van der Waals surface area contributed by atoms with Crippen LogP contribution < -0.4 is 11.1 Å². The Balaban J connectivity index is 2.44. The molecular weight excluding hydrogens is 258 g/mol. The zero-order valence-corrected chi connectivity index (χ0v) is 11.8. The molecule has 1 rings (SSSR count). The molecule has 1 unspecified atom stereocenters. The van der Waals surface area contributed by atoms with E-state index in [4.69, 9.17) is 15.7 Å². The van der Waals surface area contributed by atoms with Crippen molar-refractivity contribution in [1.29, 1.82) is 0 Å². The van der Waals surface area contributed by atoms with Crippen LogP contribution in [0.4, 0.5) is 0 Å². The summed E-state index contributed by atoms with van der Waals surface area (Å²) in [5.74, 6) is 0.256. The van der Waals surface area contributed by atoms with E-state index in [1.165, 1.54) is 0 Å². The summed E-state index contributed by atoms with van der Waals surface area (Å²) in [7, 11) is 1.62. The second-order valence-electron chi connectivity index (χ2n) is 4.72. The van der Waals surface area contributed by atoms with Crippen molar-refractivity contribution in [3.63, 3.8) is 0 Å². The number of nitrogens with zero attached hydrogens (tertiary/aromatic N) is 1. The fraction of sp³-hybridized carbons (Fsp3) is 0.429. The van der Waals surface area contributed by atoms with Crippen LogP contribution in [0, 0.1) is 5.92 Å². The minimum atomic E-state index is -0.00457. The monoisotopic (exact) mass is 279 g/mol.